The number of nitrogens with one attached hydrogen (secondary N) is 1. The van der Waals surface area contributed by atoms with Crippen molar-refractivity contribution in [2.45, 2.75) is 44.7 Å². The molecule has 0 bridgehead atoms. The second-order valence-electron chi connectivity index (χ2n) is 5.62. The summed E-state index contributed by atoms with van der Waals surface area (Å²) in [6, 6.07) is 4.89. The van der Waals surface area contributed by atoms with Crippen molar-refractivity contribution in [2.75, 3.05) is 19.6 Å². The Morgan fingerprint density at radius 1 is 1.47 bits per heavy atom. The van der Waals surface area contributed by atoms with E-state index in [1.165, 1.54) is 12.8 Å². The Hall–Kier alpha value is -1.29. The Labute approximate surface area is 114 Å². The van der Waals surface area contributed by atoms with E-state index in [1.54, 1.807) is 0 Å². The predicted molar refractivity (Wildman–Crippen MR) is 75.3 cm³/mol. The summed E-state index contributed by atoms with van der Waals surface area (Å²) < 4.78 is 2.17. The van der Waals surface area contributed by atoms with Crippen molar-refractivity contribution in [3.8, 4) is 0 Å². The molecule has 2 fully saturated rings. The van der Waals surface area contributed by atoms with Crippen LogP contribution in [0.4, 0.5) is 0 Å². The van der Waals surface area contributed by atoms with Crippen LogP contribution in [-0.2, 0) is 0 Å². The molecule has 1 aromatic heterocycles. The molecule has 1 atom stereocenters. The standard InChI is InChI=1S/C15H23N3O/c1-2-17(13-5-3-9-16-11-13)15(19)14-6-4-10-18(14)12-7-8-12/h4,6,10,12-13,16H,2-3,5,7-9,11H2,1H3. The fourth-order valence-electron chi connectivity index (χ4n) is 3.06. The average Bonchev–Trinajstić information content (AvgIpc) is 3.18. The Bertz CT molecular complexity index is 444. The third kappa shape index (κ3) is 2.54. The van der Waals surface area contributed by atoms with Gasteiger partial charge in [0.05, 0.1) is 0 Å². The highest BCUT2D eigenvalue weighted by Gasteiger charge is 2.30. The van der Waals surface area contributed by atoms with Crippen molar-refractivity contribution in [1.82, 2.24) is 14.8 Å². The molecule has 4 heteroatoms. The normalized spacial score (nSPS) is 23.3. The summed E-state index contributed by atoms with van der Waals surface area (Å²) in [6.07, 6.45) is 6.77. The fraction of sp³-hybridized carbons (Fsp3) is 0.667. The van der Waals surface area contributed by atoms with Crippen molar-refractivity contribution in [2.24, 2.45) is 0 Å². The summed E-state index contributed by atoms with van der Waals surface area (Å²) in [7, 11) is 0. The molecule has 1 aliphatic heterocycles. The zero-order valence-electron chi connectivity index (χ0n) is 11.6. The predicted octanol–water partition coefficient (Wildman–Crippen LogP) is 2.04. The van der Waals surface area contributed by atoms with Gasteiger partial charge in [0.25, 0.3) is 5.91 Å². The topological polar surface area (TPSA) is 37.3 Å². The maximum Gasteiger partial charge on any atom is 0.270 e. The van der Waals surface area contributed by atoms with Gasteiger partial charge in [0.1, 0.15) is 5.69 Å². The second-order valence-corrected chi connectivity index (χ2v) is 5.62. The minimum atomic E-state index is 0.202. The number of aromatic nitrogens is 1. The van der Waals surface area contributed by atoms with Gasteiger partial charge in [0.15, 0.2) is 0 Å². The van der Waals surface area contributed by atoms with Gasteiger partial charge in [-0.15, -0.1) is 0 Å². The molecule has 1 amide bonds. The molecule has 0 aromatic carbocycles. The molecule has 2 aliphatic rings. The van der Waals surface area contributed by atoms with E-state index in [-0.39, 0.29) is 5.91 Å². The zero-order chi connectivity index (χ0) is 13.2. The lowest BCUT2D eigenvalue weighted by Gasteiger charge is -2.34. The first-order chi connectivity index (χ1) is 9.31. The lowest BCUT2D eigenvalue weighted by Crippen LogP contribution is -2.49. The summed E-state index contributed by atoms with van der Waals surface area (Å²) in [5.74, 6) is 0.202. The van der Waals surface area contributed by atoms with Gasteiger partial charge in [-0.3, -0.25) is 4.79 Å². The molecule has 19 heavy (non-hydrogen) atoms. The number of amides is 1. The van der Waals surface area contributed by atoms with Crippen LogP contribution in [0.25, 0.3) is 0 Å². The van der Waals surface area contributed by atoms with Gasteiger partial charge in [-0.25, -0.2) is 0 Å². The minimum Gasteiger partial charge on any atom is -0.340 e. The third-order valence-corrected chi connectivity index (χ3v) is 4.25. The molecule has 1 N–H and O–H groups in total. The molecule has 1 aromatic rings. The molecular weight excluding hydrogens is 238 g/mol. The van der Waals surface area contributed by atoms with Crippen LogP contribution in [0.3, 0.4) is 0 Å². The van der Waals surface area contributed by atoms with E-state index in [1.807, 2.05) is 17.0 Å². The lowest BCUT2D eigenvalue weighted by atomic mass is 10.1. The summed E-state index contributed by atoms with van der Waals surface area (Å²) >= 11 is 0. The number of carbonyl (C=O) groups is 1. The van der Waals surface area contributed by atoms with E-state index >= 15 is 0 Å². The van der Waals surface area contributed by atoms with Gasteiger partial charge in [0, 0.05) is 31.4 Å². The maximum atomic E-state index is 12.8. The first-order valence-electron chi connectivity index (χ1n) is 7.49. The van der Waals surface area contributed by atoms with Gasteiger partial charge >= 0.3 is 0 Å². The van der Waals surface area contributed by atoms with Gasteiger partial charge in [-0.2, -0.15) is 0 Å². The van der Waals surface area contributed by atoms with Crippen LogP contribution in [0.1, 0.15) is 49.1 Å². The third-order valence-electron chi connectivity index (χ3n) is 4.25. The Morgan fingerprint density at radius 2 is 2.32 bits per heavy atom. The highest BCUT2D eigenvalue weighted by atomic mass is 16.2. The average molecular weight is 261 g/mol. The molecule has 2 heterocycles. The van der Waals surface area contributed by atoms with E-state index in [0.717, 1.165) is 38.2 Å². The number of likely N-dealkylation sites (N-methyl/N-ethyl adjacent to an activating group) is 1. The van der Waals surface area contributed by atoms with E-state index in [0.29, 0.717) is 12.1 Å². The van der Waals surface area contributed by atoms with E-state index in [2.05, 4.69) is 23.0 Å². The van der Waals surface area contributed by atoms with Crippen molar-refractivity contribution in [3.63, 3.8) is 0 Å². The monoisotopic (exact) mass is 261 g/mol. The van der Waals surface area contributed by atoms with Crippen LogP contribution in [-0.4, -0.2) is 41.1 Å². The Balaban J connectivity index is 1.77. The molecule has 1 saturated heterocycles. The first-order valence-corrected chi connectivity index (χ1v) is 7.49. The molecular formula is C15H23N3O. The number of rotatable bonds is 4. The molecule has 0 radical (unpaired) electrons. The van der Waals surface area contributed by atoms with Crippen molar-refractivity contribution < 1.29 is 4.79 Å². The SMILES string of the molecule is CCN(C(=O)c1cccn1C1CC1)C1CCCNC1. The van der Waals surface area contributed by atoms with Gasteiger partial charge in [-0.1, -0.05) is 0 Å². The van der Waals surface area contributed by atoms with E-state index in [9.17, 15) is 4.79 Å². The van der Waals surface area contributed by atoms with Gasteiger partial charge < -0.3 is 14.8 Å². The summed E-state index contributed by atoms with van der Waals surface area (Å²) in [4.78, 5) is 14.8. The van der Waals surface area contributed by atoms with Gasteiger partial charge in [-0.05, 0) is 51.3 Å². The number of piperidine rings is 1. The van der Waals surface area contributed by atoms with Crippen LogP contribution in [0.15, 0.2) is 18.3 Å². The van der Waals surface area contributed by atoms with Crippen molar-refractivity contribution in [3.05, 3.63) is 24.0 Å². The minimum absolute atomic E-state index is 0.202. The van der Waals surface area contributed by atoms with Crippen molar-refractivity contribution in [1.29, 1.82) is 0 Å². The summed E-state index contributed by atoms with van der Waals surface area (Å²) in [5.41, 5.74) is 0.870. The summed E-state index contributed by atoms with van der Waals surface area (Å²) in [6.45, 7) is 4.89. The van der Waals surface area contributed by atoms with Crippen LogP contribution in [0.2, 0.25) is 0 Å². The van der Waals surface area contributed by atoms with Gasteiger partial charge in [0.2, 0.25) is 0 Å². The molecule has 104 valence electrons. The van der Waals surface area contributed by atoms with Crippen LogP contribution >= 0.6 is 0 Å². The molecule has 3 rings (SSSR count). The molecule has 1 unspecified atom stereocenters. The second kappa shape index (κ2) is 5.37. The Morgan fingerprint density at radius 3 is 2.95 bits per heavy atom. The number of carbonyl (C=O) groups excluding carboxylic acids is 1. The van der Waals surface area contributed by atoms with Crippen LogP contribution < -0.4 is 5.32 Å². The van der Waals surface area contributed by atoms with Crippen molar-refractivity contribution >= 4 is 5.91 Å². The molecule has 1 saturated carbocycles. The van der Waals surface area contributed by atoms with E-state index < -0.39 is 0 Å². The molecule has 1 aliphatic carbocycles. The maximum absolute atomic E-state index is 12.8. The summed E-state index contributed by atoms with van der Waals surface area (Å²) in [5, 5.41) is 3.40. The van der Waals surface area contributed by atoms with Crippen LogP contribution in [0, 0.1) is 0 Å². The lowest BCUT2D eigenvalue weighted by molar-refractivity contribution is 0.0651. The first kappa shape index (κ1) is 12.7. The number of hydrogen-bond donors (Lipinski definition) is 1. The quantitative estimate of drug-likeness (QED) is 0.900. The van der Waals surface area contributed by atoms with E-state index in [4.69, 9.17) is 0 Å². The highest BCUT2D eigenvalue weighted by molar-refractivity contribution is 5.93. The smallest absolute Gasteiger partial charge is 0.270 e. The van der Waals surface area contributed by atoms with Crippen LogP contribution in [0.5, 0.6) is 0 Å². The number of hydrogen-bond acceptors (Lipinski definition) is 2. The Kier molecular flexibility index (Phi) is 3.60. The molecule has 4 nitrogen and oxygen atoms in total. The molecule has 0 spiro atoms. The highest BCUT2D eigenvalue weighted by Crippen LogP contribution is 2.36. The number of nitrogens with zero attached hydrogens (tertiary/aromatic N) is 2. The fourth-order valence-corrected chi connectivity index (χ4v) is 3.06. The zero-order valence-corrected chi connectivity index (χ0v) is 11.6. The largest absolute Gasteiger partial charge is 0.340 e.